The van der Waals surface area contributed by atoms with Crippen LogP contribution in [-0.4, -0.2) is 65.6 Å². The molecule has 0 unspecified atom stereocenters. The van der Waals surface area contributed by atoms with E-state index in [1.54, 1.807) is 11.0 Å². The number of aromatic nitrogens is 3. The molecule has 37 heavy (non-hydrogen) atoms. The van der Waals surface area contributed by atoms with Crippen LogP contribution in [0.3, 0.4) is 0 Å². The summed E-state index contributed by atoms with van der Waals surface area (Å²) in [4.78, 5) is 31.3. The smallest absolute Gasteiger partial charge is 0.280 e. The largest absolute Gasteiger partial charge is 0.493 e. The van der Waals surface area contributed by atoms with E-state index in [1.165, 1.54) is 23.9 Å². The van der Waals surface area contributed by atoms with E-state index in [-0.39, 0.29) is 29.8 Å². The molecule has 1 atom stereocenters. The normalized spacial score (nSPS) is 18.7. The van der Waals surface area contributed by atoms with Crippen LogP contribution in [0.5, 0.6) is 11.5 Å². The first-order valence-electron chi connectivity index (χ1n) is 13.0. The molecule has 2 aliphatic heterocycles. The summed E-state index contributed by atoms with van der Waals surface area (Å²) in [5.41, 5.74) is 1.30. The minimum absolute atomic E-state index is 0.0639. The Labute approximate surface area is 215 Å². The highest BCUT2D eigenvalue weighted by Gasteiger charge is 2.37. The highest BCUT2D eigenvalue weighted by molar-refractivity contribution is 6.07. The number of hydrogen-bond acceptors (Lipinski definition) is 6. The number of carbonyl (C=O) groups is 1. The van der Waals surface area contributed by atoms with Gasteiger partial charge in [0.2, 0.25) is 0 Å². The molecule has 2 bridgehead atoms. The monoisotopic (exact) mass is 511 g/mol. The Morgan fingerprint density at radius 1 is 1.19 bits per heavy atom. The Morgan fingerprint density at radius 2 is 1.97 bits per heavy atom. The van der Waals surface area contributed by atoms with Gasteiger partial charge in [0.1, 0.15) is 22.5 Å². The Balaban J connectivity index is 1.79. The number of halogens is 1. The summed E-state index contributed by atoms with van der Waals surface area (Å²) >= 11 is 0. The third-order valence-electron chi connectivity index (χ3n) is 7.39. The predicted octanol–water partition coefficient (Wildman–Crippen LogP) is 3.82. The van der Waals surface area contributed by atoms with Crippen molar-refractivity contribution in [2.24, 2.45) is 0 Å². The third kappa shape index (κ3) is 4.32. The molecule has 10 heteroatoms. The molecule has 9 nitrogen and oxygen atoms in total. The maximum Gasteiger partial charge on any atom is 0.280 e. The molecule has 0 saturated heterocycles. The van der Waals surface area contributed by atoms with Crippen molar-refractivity contribution in [2.75, 3.05) is 45.3 Å². The van der Waals surface area contributed by atoms with Gasteiger partial charge in [-0.2, -0.15) is 0 Å². The van der Waals surface area contributed by atoms with Crippen LogP contribution in [0.25, 0.3) is 10.9 Å². The molecule has 5 rings (SSSR count). The zero-order valence-electron chi connectivity index (χ0n) is 21.9. The number of rotatable bonds is 2. The van der Waals surface area contributed by atoms with Crippen molar-refractivity contribution < 1.29 is 18.7 Å². The van der Waals surface area contributed by atoms with Gasteiger partial charge in [-0.1, -0.05) is 18.9 Å². The van der Waals surface area contributed by atoms with Crippen molar-refractivity contribution in [2.45, 2.75) is 52.1 Å². The number of methoxy groups -OCH3 is 1. The molecule has 0 fully saturated rings. The van der Waals surface area contributed by atoms with Crippen LogP contribution >= 0.6 is 0 Å². The Morgan fingerprint density at radius 3 is 2.73 bits per heavy atom. The van der Waals surface area contributed by atoms with Crippen LogP contribution in [0.2, 0.25) is 0 Å². The number of carbonyl (C=O) groups excluding carboxylic acids is 1. The van der Waals surface area contributed by atoms with Crippen LogP contribution < -0.4 is 19.9 Å². The summed E-state index contributed by atoms with van der Waals surface area (Å²) in [5, 5.41) is 5.16. The number of benzene rings is 1. The maximum atomic E-state index is 14.1. The van der Waals surface area contributed by atoms with E-state index in [0.29, 0.717) is 53.4 Å². The zero-order chi connectivity index (χ0) is 26.3. The fourth-order valence-corrected chi connectivity index (χ4v) is 5.48. The van der Waals surface area contributed by atoms with Gasteiger partial charge in [0.25, 0.3) is 11.5 Å². The van der Waals surface area contributed by atoms with Gasteiger partial charge >= 0.3 is 0 Å². The molecule has 0 aliphatic carbocycles. The Kier molecular flexibility index (Phi) is 6.83. The van der Waals surface area contributed by atoms with Gasteiger partial charge < -0.3 is 23.8 Å². The second kappa shape index (κ2) is 10.1. The third-order valence-corrected chi connectivity index (χ3v) is 7.39. The molecular formula is C27H34FN5O4. The number of nitrogens with zero attached hydrogens (tertiary/aromatic N) is 5. The molecule has 2 aromatic heterocycles. The standard InChI is InChI=1S/C27H34FN5O4/c1-5-31-15-17(2)33-22-21(24(36-4)23(33)27(31)35)26(34)32-16-18-10-11-19(28)14-20(18)37-13-9-7-6-8-12-30(3)25(22)29-32/h10-11,14,17H,5-9,12-13,15-16H2,1-4H3/t17-/m0/s1. The number of ether oxygens (including phenoxy) is 2. The molecular weight excluding hydrogens is 477 g/mol. The summed E-state index contributed by atoms with van der Waals surface area (Å²) in [6, 6.07) is 4.28. The van der Waals surface area contributed by atoms with Crippen molar-refractivity contribution >= 4 is 22.6 Å². The first-order valence-corrected chi connectivity index (χ1v) is 13.0. The van der Waals surface area contributed by atoms with E-state index in [9.17, 15) is 14.0 Å². The van der Waals surface area contributed by atoms with Crippen molar-refractivity contribution in [1.29, 1.82) is 0 Å². The Hall–Kier alpha value is -3.56. The van der Waals surface area contributed by atoms with E-state index in [2.05, 4.69) is 4.90 Å². The van der Waals surface area contributed by atoms with Crippen molar-refractivity contribution in [3.8, 4) is 11.5 Å². The van der Waals surface area contributed by atoms with E-state index >= 15 is 0 Å². The lowest BCUT2D eigenvalue weighted by atomic mass is 10.1. The van der Waals surface area contributed by atoms with Crippen LogP contribution in [0.4, 0.5) is 10.2 Å². The zero-order valence-corrected chi connectivity index (χ0v) is 21.9. The average Bonchev–Trinajstić information content (AvgIpc) is 3.24. The van der Waals surface area contributed by atoms with E-state index in [4.69, 9.17) is 14.6 Å². The summed E-state index contributed by atoms with van der Waals surface area (Å²) in [6.45, 7) is 6.41. The fourth-order valence-electron chi connectivity index (χ4n) is 5.48. The molecule has 0 spiro atoms. The van der Waals surface area contributed by atoms with E-state index < -0.39 is 5.82 Å². The highest BCUT2D eigenvalue weighted by Crippen LogP contribution is 2.40. The quantitative estimate of drug-likeness (QED) is 0.520. The van der Waals surface area contributed by atoms with Gasteiger partial charge in [-0.3, -0.25) is 9.59 Å². The molecule has 4 heterocycles. The molecule has 1 amide bonds. The molecule has 2 aliphatic rings. The number of likely N-dealkylation sites (N-methyl/N-ethyl adjacent to an activating group) is 1. The topological polar surface area (TPSA) is 81.8 Å². The number of anilines is 1. The molecule has 198 valence electrons. The maximum absolute atomic E-state index is 14.1. The molecule has 0 N–H and O–H groups in total. The number of hydrogen-bond donors (Lipinski definition) is 0. The lowest BCUT2D eigenvalue weighted by Crippen LogP contribution is -2.42. The first kappa shape index (κ1) is 25.1. The second-order valence-corrected chi connectivity index (χ2v) is 9.89. The molecule has 1 aromatic carbocycles. The van der Waals surface area contributed by atoms with Crippen LogP contribution in [-0.2, 0) is 6.54 Å². The summed E-state index contributed by atoms with van der Waals surface area (Å²) in [5.74, 6) is 0.744. The molecule has 0 radical (unpaired) electrons. The lowest BCUT2D eigenvalue weighted by molar-refractivity contribution is 0.0685. The number of amides is 1. The van der Waals surface area contributed by atoms with Gasteiger partial charge in [0, 0.05) is 44.4 Å². The first-order chi connectivity index (χ1) is 17.8. The summed E-state index contributed by atoms with van der Waals surface area (Å²) < 4.78 is 29.1. The van der Waals surface area contributed by atoms with Crippen molar-refractivity contribution in [1.82, 2.24) is 19.2 Å². The van der Waals surface area contributed by atoms with Crippen LogP contribution in [0.1, 0.15) is 61.6 Å². The van der Waals surface area contributed by atoms with Gasteiger partial charge in [-0.25, -0.2) is 9.07 Å². The molecule has 3 aromatic rings. The van der Waals surface area contributed by atoms with E-state index in [1.807, 2.05) is 25.5 Å². The van der Waals surface area contributed by atoms with Gasteiger partial charge in [0.05, 0.1) is 20.3 Å². The summed E-state index contributed by atoms with van der Waals surface area (Å²) in [6.07, 6.45) is 3.80. The van der Waals surface area contributed by atoms with Crippen molar-refractivity contribution in [3.05, 3.63) is 45.6 Å². The van der Waals surface area contributed by atoms with Gasteiger partial charge in [-0.05, 0) is 32.8 Å². The van der Waals surface area contributed by atoms with Crippen LogP contribution in [0.15, 0.2) is 23.0 Å². The van der Waals surface area contributed by atoms with E-state index in [0.717, 1.165) is 32.2 Å². The lowest BCUT2D eigenvalue weighted by Gasteiger charge is -2.33. The van der Waals surface area contributed by atoms with Crippen molar-refractivity contribution in [3.63, 3.8) is 0 Å². The molecule has 0 saturated carbocycles. The minimum atomic E-state index is -0.397. The SMILES string of the molecule is CCN1C[C@H](C)n2c(c(OC)c3c(=O)n4nc(c32)N(C)CCCCCCOc2cc(F)ccc2C4)C1=O. The average molecular weight is 512 g/mol. The minimum Gasteiger partial charge on any atom is -0.493 e. The predicted molar refractivity (Wildman–Crippen MR) is 140 cm³/mol. The van der Waals surface area contributed by atoms with Gasteiger partial charge in [0.15, 0.2) is 17.3 Å². The van der Waals surface area contributed by atoms with Crippen LogP contribution in [0, 0.1) is 5.82 Å². The summed E-state index contributed by atoms with van der Waals surface area (Å²) in [7, 11) is 3.46. The van der Waals surface area contributed by atoms with Gasteiger partial charge in [-0.15, -0.1) is 5.10 Å². The second-order valence-electron chi connectivity index (χ2n) is 9.89. The Bertz CT molecular complexity index is 1400. The number of fused-ring (bicyclic) bond motifs is 7. The fraction of sp³-hybridized carbons (Fsp3) is 0.519. The highest BCUT2D eigenvalue weighted by atomic mass is 19.1.